The van der Waals surface area contributed by atoms with E-state index in [4.69, 9.17) is 23.2 Å². The SMILES string of the molecule is C[N+]1(C)[C@@H]2CC[C@H]1CC(CC(c1cccc(Cl)c1)c1cccc(Cl)c1)C2.[I-]. The Labute approximate surface area is 190 Å². The number of hydrogen-bond acceptors (Lipinski definition) is 0. The van der Waals surface area contributed by atoms with E-state index in [1.54, 1.807) is 0 Å². The fourth-order valence-corrected chi connectivity index (χ4v) is 5.83. The molecular weight excluding hydrogens is 488 g/mol. The molecule has 0 amide bonds. The van der Waals surface area contributed by atoms with Crippen LogP contribution in [0.5, 0.6) is 0 Å². The maximum absolute atomic E-state index is 6.32. The third-order valence-corrected chi connectivity index (χ3v) is 7.47. The smallest absolute Gasteiger partial charge is 0.0893 e. The second-order valence-corrected chi connectivity index (χ2v) is 9.62. The summed E-state index contributed by atoms with van der Waals surface area (Å²) in [7, 11) is 4.87. The van der Waals surface area contributed by atoms with Crippen LogP contribution in [0.3, 0.4) is 0 Å². The molecule has 146 valence electrons. The predicted molar refractivity (Wildman–Crippen MR) is 111 cm³/mol. The molecular formula is C23H28Cl2IN. The van der Waals surface area contributed by atoms with Gasteiger partial charge in [0.25, 0.3) is 0 Å². The molecule has 2 fully saturated rings. The van der Waals surface area contributed by atoms with Crippen LogP contribution < -0.4 is 24.0 Å². The van der Waals surface area contributed by atoms with Gasteiger partial charge >= 0.3 is 0 Å². The standard InChI is InChI=1S/C23H28Cl2N.HI/c1-26(2)21-9-10-22(26)12-16(11-21)13-23(17-5-3-7-19(24)14-17)18-6-4-8-20(25)15-18;/h3-8,14-16,21-23H,9-13H2,1-2H3;1H/q+1;/p-1/t16?,21-,22+;. The Morgan fingerprint density at radius 1 is 0.889 bits per heavy atom. The molecule has 2 bridgehead atoms. The van der Waals surface area contributed by atoms with Crippen molar-refractivity contribution in [2.45, 2.75) is 50.1 Å². The van der Waals surface area contributed by atoms with Crippen molar-refractivity contribution in [3.63, 3.8) is 0 Å². The third-order valence-electron chi connectivity index (χ3n) is 7.00. The lowest BCUT2D eigenvalue weighted by Crippen LogP contribution is -3.00. The van der Waals surface area contributed by atoms with Crippen LogP contribution in [0, 0.1) is 5.92 Å². The zero-order valence-electron chi connectivity index (χ0n) is 16.0. The lowest BCUT2D eigenvalue weighted by atomic mass is 9.78. The van der Waals surface area contributed by atoms with Crippen molar-refractivity contribution in [3.8, 4) is 0 Å². The molecule has 0 spiro atoms. The van der Waals surface area contributed by atoms with Gasteiger partial charge < -0.3 is 28.5 Å². The number of halogens is 3. The van der Waals surface area contributed by atoms with Crippen molar-refractivity contribution >= 4 is 23.2 Å². The van der Waals surface area contributed by atoms with E-state index in [0.29, 0.717) is 5.92 Å². The number of nitrogens with zero attached hydrogens (tertiary/aromatic N) is 1. The van der Waals surface area contributed by atoms with E-state index in [1.165, 1.54) is 47.7 Å². The highest BCUT2D eigenvalue weighted by atomic mass is 127. The first-order valence-corrected chi connectivity index (χ1v) is 10.5. The van der Waals surface area contributed by atoms with Gasteiger partial charge in [0.15, 0.2) is 0 Å². The van der Waals surface area contributed by atoms with Crippen LogP contribution in [-0.2, 0) is 0 Å². The number of rotatable bonds is 4. The molecule has 27 heavy (non-hydrogen) atoms. The average Bonchev–Trinajstić information content (AvgIpc) is 2.77. The highest BCUT2D eigenvalue weighted by Crippen LogP contribution is 2.46. The summed E-state index contributed by atoms with van der Waals surface area (Å²) < 4.78 is 1.23. The molecule has 3 atom stereocenters. The molecule has 4 rings (SSSR count). The van der Waals surface area contributed by atoms with E-state index >= 15 is 0 Å². The monoisotopic (exact) mass is 515 g/mol. The van der Waals surface area contributed by atoms with E-state index < -0.39 is 0 Å². The molecule has 2 aliphatic rings. The van der Waals surface area contributed by atoms with Crippen molar-refractivity contribution in [3.05, 3.63) is 69.7 Å². The predicted octanol–water partition coefficient (Wildman–Crippen LogP) is 3.54. The maximum Gasteiger partial charge on any atom is 0.0893 e. The van der Waals surface area contributed by atoms with Crippen molar-refractivity contribution in [1.29, 1.82) is 0 Å². The highest BCUT2D eigenvalue weighted by molar-refractivity contribution is 6.31. The molecule has 2 aliphatic heterocycles. The first-order valence-electron chi connectivity index (χ1n) is 9.77. The summed E-state index contributed by atoms with van der Waals surface area (Å²) in [4.78, 5) is 0. The lowest BCUT2D eigenvalue weighted by molar-refractivity contribution is -0.931. The Bertz CT molecular complexity index is 730. The van der Waals surface area contributed by atoms with Crippen LogP contribution in [0.1, 0.15) is 49.1 Å². The van der Waals surface area contributed by atoms with E-state index in [2.05, 4.69) is 50.5 Å². The van der Waals surface area contributed by atoms with Gasteiger partial charge in [-0.05, 0) is 47.7 Å². The summed E-state index contributed by atoms with van der Waals surface area (Å²) in [5, 5.41) is 1.63. The van der Waals surface area contributed by atoms with Gasteiger partial charge in [-0.2, -0.15) is 0 Å². The Balaban J connectivity index is 0.00000210. The van der Waals surface area contributed by atoms with Gasteiger partial charge in [0.1, 0.15) is 0 Å². The molecule has 2 heterocycles. The molecule has 2 aromatic carbocycles. The number of fused-ring (bicyclic) bond motifs is 2. The zero-order valence-corrected chi connectivity index (χ0v) is 19.7. The second-order valence-electron chi connectivity index (χ2n) is 8.75. The van der Waals surface area contributed by atoms with E-state index in [0.717, 1.165) is 28.0 Å². The molecule has 0 aromatic heterocycles. The zero-order chi connectivity index (χ0) is 18.3. The molecule has 0 aliphatic carbocycles. The first kappa shape index (κ1) is 21.4. The first-order chi connectivity index (χ1) is 12.4. The van der Waals surface area contributed by atoms with Crippen LogP contribution >= 0.6 is 23.2 Å². The number of hydrogen-bond donors (Lipinski definition) is 0. The van der Waals surface area contributed by atoms with Gasteiger partial charge in [0.2, 0.25) is 0 Å². The Morgan fingerprint density at radius 3 is 1.81 bits per heavy atom. The maximum atomic E-state index is 6.32. The fourth-order valence-electron chi connectivity index (χ4n) is 5.43. The summed E-state index contributed by atoms with van der Waals surface area (Å²) in [6, 6.07) is 18.4. The largest absolute Gasteiger partial charge is 1.00 e. The summed E-state index contributed by atoms with van der Waals surface area (Å²) >= 11 is 12.6. The normalized spacial score (nSPS) is 26.0. The third kappa shape index (κ3) is 4.49. The van der Waals surface area contributed by atoms with Gasteiger partial charge in [-0.25, -0.2) is 0 Å². The minimum Gasteiger partial charge on any atom is -1.00 e. The van der Waals surface area contributed by atoms with Crippen LogP contribution in [0.15, 0.2) is 48.5 Å². The lowest BCUT2D eigenvalue weighted by Gasteiger charge is -2.45. The molecule has 0 saturated carbocycles. The van der Waals surface area contributed by atoms with Crippen molar-refractivity contribution < 1.29 is 28.5 Å². The van der Waals surface area contributed by atoms with Crippen LogP contribution in [0.4, 0.5) is 0 Å². The summed E-state index contributed by atoms with van der Waals surface area (Å²) in [5.74, 6) is 1.15. The highest BCUT2D eigenvalue weighted by Gasteiger charge is 2.48. The van der Waals surface area contributed by atoms with Crippen LogP contribution in [-0.4, -0.2) is 30.7 Å². The van der Waals surface area contributed by atoms with E-state index in [1.807, 2.05) is 12.1 Å². The Kier molecular flexibility index (Phi) is 6.83. The Morgan fingerprint density at radius 2 is 1.37 bits per heavy atom. The van der Waals surface area contributed by atoms with E-state index in [9.17, 15) is 0 Å². The molecule has 4 heteroatoms. The minimum absolute atomic E-state index is 0. The quantitative estimate of drug-likeness (QED) is 0.431. The average molecular weight is 516 g/mol. The van der Waals surface area contributed by atoms with Crippen LogP contribution in [0.25, 0.3) is 0 Å². The van der Waals surface area contributed by atoms with Crippen molar-refractivity contribution in [2.75, 3.05) is 14.1 Å². The van der Waals surface area contributed by atoms with Gasteiger partial charge in [-0.1, -0.05) is 47.5 Å². The molecule has 2 saturated heterocycles. The van der Waals surface area contributed by atoms with E-state index in [-0.39, 0.29) is 24.0 Å². The minimum atomic E-state index is 0. The molecule has 0 N–H and O–H groups in total. The van der Waals surface area contributed by atoms with Gasteiger partial charge in [-0.15, -0.1) is 0 Å². The van der Waals surface area contributed by atoms with Gasteiger partial charge in [0, 0.05) is 41.6 Å². The van der Waals surface area contributed by atoms with Crippen molar-refractivity contribution in [1.82, 2.24) is 0 Å². The summed E-state index contributed by atoms with van der Waals surface area (Å²) in [6.45, 7) is 0. The Hall–Kier alpha value is -0.290. The topological polar surface area (TPSA) is 0 Å². The number of benzene rings is 2. The van der Waals surface area contributed by atoms with Crippen LogP contribution in [0.2, 0.25) is 10.0 Å². The molecule has 1 nitrogen and oxygen atoms in total. The fraction of sp³-hybridized carbons (Fsp3) is 0.478. The molecule has 2 aromatic rings. The second kappa shape index (κ2) is 8.61. The summed E-state index contributed by atoms with van der Waals surface area (Å²) in [5.41, 5.74) is 2.62. The van der Waals surface area contributed by atoms with Gasteiger partial charge in [0.05, 0.1) is 26.2 Å². The molecule has 0 radical (unpaired) electrons. The van der Waals surface area contributed by atoms with Gasteiger partial charge in [-0.3, -0.25) is 0 Å². The number of piperidine rings is 1. The molecule has 1 unspecified atom stereocenters. The van der Waals surface area contributed by atoms with Crippen molar-refractivity contribution in [2.24, 2.45) is 5.92 Å². The number of quaternary nitrogens is 1. The summed E-state index contributed by atoms with van der Waals surface area (Å²) in [6.07, 6.45) is 6.68.